The predicted octanol–water partition coefficient (Wildman–Crippen LogP) is 3.33. The second-order valence-corrected chi connectivity index (χ2v) is 6.33. The normalized spacial score (nSPS) is 11.5. The van der Waals surface area contributed by atoms with Gasteiger partial charge in [-0.25, -0.2) is 4.98 Å². The lowest BCUT2D eigenvalue weighted by Gasteiger charge is -2.12. The summed E-state index contributed by atoms with van der Waals surface area (Å²) in [5, 5.41) is 0. The smallest absolute Gasteiger partial charge is 0.326 e. The fraction of sp³-hybridized carbons (Fsp3) is 0.529. The van der Waals surface area contributed by atoms with Gasteiger partial charge in [0.15, 0.2) is 0 Å². The van der Waals surface area contributed by atoms with Crippen molar-refractivity contribution < 1.29 is 9.53 Å². The van der Waals surface area contributed by atoms with Gasteiger partial charge in [0, 0.05) is 5.92 Å². The van der Waals surface area contributed by atoms with Crippen molar-refractivity contribution in [3.05, 3.63) is 24.0 Å². The minimum Gasteiger partial charge on any atom is -0.464 e. The van der Waals surface area contributed by atoms with Gasteiger partial charge in [0.1, 0.15) is 17.9 Å². The van der Waals surface area contributed by atoms with Crippen molar-refractivity contribution in [3.8, 4) is 0 Å². The average molecular weight is 303 g/mol. The molecule has 0 saturated carbocycles. The fourth-order valence-corrected chi connectivity index (χ4v) is 2.38. The largest absolute Gasteiger partial charge is 0.464 e. The molecule has 1 heterocycles. The summed E-state index contributed by atoms with van der Waals surface area (Å²) < 4.78 is 7.23. The molecule has 0 atom stereocenters. The Morgan fingerprint density at radius 1 is 1.32 bits per heavy atom. The molecule has 2 aromatic rings. The number of hydrogen-bond acceptors (Lipinski definition) is 4. The van der Waals surface area contributed by atoms with Crippen LogP contribution in [0.3, 0.4) is 0 Å². The fourth-order valence-electron chi connectivity index (χ4n) is 2.38. The number of esters is 1. The molecular formula is C17H25N3O2. The minimum atomic E-state index is -0.232. The lowest BCUT2D eigenvalue weighted by atomic mass is 10.1. The van der Waals surface area contributed by atoms with Crippen LogP contribution in [0.1, 0.15) is 45.9 Å². The highest BCUT2D eigenvalue weighted by Crippen LogP contribution is 2.25. The SMILES string of the molecule is CC(C)CCOC(=O)Cn1c(C(C)C)nc2c(N)cccc21. The van der Waals surface area contributed by atoms with E-state index in [1.54, 1.807) is 0 Å². The Bertz CT molecular complexity index is 659. The Balaban J connectivity index is 2.24. The number of nitrogen functional groups attached to an aromatic ring is 1. The second kappa shape index (κ2) is 6.81. The Hall–Kier alpha value is -2.04. The van der Waals surface area contributed by atoms with Crippen LogP contribution in [0.5, 0.6) is 0 Å². The van der Waals surface area contributed by atoms with Gasteiger partial charge in [0.25, 0.3) is 0 Å². The van der Waals surface area contributed by atoms with Crippen molar-refractivity contribution in [2.45, 2.75) is 46.6 Å². The van der Waals surface area contributed by atoms with E-state index in [1.807, 2.05) is 22.8 Å². The van der Waals surface area contributed by atoms with Crippen LogP contribution in [-0.4, -0.2) is 22.1 Å². The third kappa shape index (κ3) is 3.59. The van der Waals surface area contributed by atoms with E-state index in [4.69, 9.17) is 10.5 Å². The number of fused-ring (bicyclic) bond motifs is 1. The monoisotopic (exact) mass is 303 g/mol. The highest BCUT2D eigenvalue weighted by atomic mass is 16.5. The zero-order valence-electron chi connectivity index (χ0n) is 13.8. The Kier molecular flexibility index (Phi) is 5.06. The number of para-hydroxylation sites is 1. The maximum absolute atomic E-state index is 12.1. The quantitative estimate of drug-likeness (QED) is 0.656. The van der Waals surface area contributed by atoms with Crippen LogP contribution >= 0.6 is 0 Å². The number of carbonyl (C=O) groups is 1. The third-order valence-corrected chi connectivity index (χ3v) is 3.60. The lowest BCUT2D eigenvalue weighted by Crippen LogP contribution is -2.17. The molecule has 0 bridgehead atoms. The van der Waals surface area contributed by atoms with E-state index >= 15 is 0 Å². The van der Waals surface area contributed by atoms with E-state index in [-0.39, 0.29) is 18.4 Å². The number of nitrogens with zero attached hydrogens (tertiary/aromatic N) is 2. The van der Waals surface area contributed by atoms with E-state index < -0.39 is 0 Å². The molecule has 0 spiro atoms. The zero-order chi connectivity index (χ0) is 16.3. The van der Waals surface area contributed by atoms with E-state index in [0.717, 1.165) is 23.3 Å². The molecule has 0 aliphatic carbocycles. The van der Waals surface area contributed by atoms with Crippen LogP contribution in [0, 0.1) is 5.92 Å². The topological polar surface area (TPSA) is 70.1 Å². The molecule has 2 rings (SSSR count). The van der Waals surface area contributed by atoms with Crippen molar-refractivity contribution in [2.75, 3.05) is 12.3 Å². The first kappa shape index (κ1) is 16.3. The number of rotatable bonds is 6. The van der Waals surface area contributed by atoms with Crippen LogP contribution < -0.4 is 5.73 Å². The number of anilines is 1. The molecule has 0 unspecified atom stereocenters. The highest BCUT2D eigenvalue weighted by Gasteiger charge is 2.17. The molecule has 0 fully saturated rings. The van der Waals surface area contributed by atoms with Crippen molar-refractivity contribution in [1.82, 2.24) is 9.55 Å². The van der Waals surface area contributed by atoms with Gasteiger partial charge < -0.3 is 15.0 Å². The molecule has 0 saturated heterocycles. The molecule has 2 N–H and O–H groups in total. The summed E-state index contributed by atoms with van der Waals surface area (Å²) in [6.07, 6.45) is 0.875. The Labute approximate surface area is 131 Å². The molecule has 22 heavy (non-hydrogen) atoms. The maximum Gasteiger partial charge on any atom is 0.326 e. The zero-order valence-corrected chi connectivity index (χ0v) is 13.8. The molecule has 5 nitrogen and oxygen atoms in total. The maximum atomic E-state index is 12.1. The van der Waals surface area contributed by atoms with E-state index in [1.165, 1.54) is 0 Å². The Morgan fingerprint density at radius 3 is 2.68 bits per heavy atom. The minimum absolute atomic E-state index is 0.172. The summed E-state index contributed by atoms with van der Waals surface area (Å²) in [5.74, 6) is 1.35. The van der Waals surface area contributed by atoms with Gasteiger partial charge in [-0.05, 0) is 24.5 Å². The number of aromatic nitrogens is 2. The molecule has 0 amide bonds. The van der Waals surface area contributed by atoms with Gasteiger partial charge in [-0.15, -0.1) is 0 Å². The first-order valence-corrected chi connectivity index (χ1v) is 7.80. The molecule has 5 heteroatoms. The standard InChI is InChI=1S/C17H25N3O2/c1-11(2)8-9-22-15(21)10-20-14-7-5-6-13(18)16(14)19-17(20)12(3)4/h5-7,11-12H,8-10,18H2,1-4H3. The first-order valence-electron chi connectivity index (χ1n) is 7.80. The van der Waals surface area contributed by atoms with Gasteiger partial charge in [-0.1, -0.05) is 33.8 Å². The predicted molar refractivity (Wildman–Crippen MR) is 88.6 cm³/mol. The van der Waals surface area contributed by atoms with E-state index in [0.29, 0.717) is 18.2 Å². The van der Waals surface area contributed by atoms with Crippen molar-refractivity contribution in [3.63, 3.8) is 0 Å². The van der Waals surface area contributed by atoms with Crippen molar-refractivity contribution in [1.29, 1.82) is 0 Å². The second-order valence-electron chi connectivity index (χ2n) is 6.33. The number of imidazole rings is 1. The molecule has 1 aromatic heterocycles. The molecule has 0 aliphatic rings. The number of nitrogens with two attached hydrogens (primary N) is 1. The van der Waals surface area contributed by atoms with Crippen molar-refractivity contribution in [2.24, 2.45) is 5.92 Å². The van der Waals surface area contributed by atoms with Crippen LogP contribution in [-0.2, 0) is 16.1 Å². The van der Waals surface area contributed by atoms with Crippen LogP contribution in [0.25, 0.3) is 11.0 Å². The average Bonchev–Trinajstić information content (AvgIpc) is 2.79. The van der Waals surface area contributed by atoms with Gasteiger partial charge in [-0.3, -0.25) is 4.79 Å². The molecule has 0 aliphatic heterocycles. The van der Waals surface area contributed by atoms with Gasteiger partial charge >= 0.3 is 5.97 Å². The molecule has 120 valence electrons. The summed E-state index contributed by atoms with van der Waals surface area (Å²) in [6, 6.07) is 5.64. The van der Waals surface area contributed by atoms with Gasteiger partial charge in [0.2, 0.25) is 0 Å². The lowest BCUT2D eigenvalue weighted by molar-refractivity contribution is -0.144. The summed E-state index contributed by atoms with van der Waals surface area (Å²) >= 11 is 0. The number of hydrogen-bond donors (Lipinski definition) is 1. The van der Waals surface area contributed by atoms with Gasteiger partial charge in [-0.2, -0.15) is 0 Å². The van der Waals surface area contributed by atoms with Crippen LogP contribution in [0.15, 0.2) is 18.2 Å². The van der Waals surface area contributed by atoms with Gasteiger partial charge in [0.05, 0.1) is 17.8 Å². The summed E-state index contributed by atoms with van der Waals surface area (Å²) in [4.78, 5) is 16.7. The molecule has 0 radical (unpaired) electrons. The highest BCUT2D eigenvalue weighted by molar-refractivity contribution is 5.88. The van der Waals surface area contributed by atoms with Crippen LogP contribution in [0.2, 0.25) is 0 Å². The number of ether oxygens (including phenoxy) is 1. The van der Waals surface area contributed by atoms with Crippen LogP contribution in [0.4, 0.5) is 5.69 Å². The number of carbonyl (C=O) groups excluding carboxylic acids is 1. The molecular weight excluding hydrogens is 278 g/mol. The Morgan fingerprint density at radius 2 is 2.05 bits per heavy atom. The van der Waals surface area contributed by atoms with Crippen molar-refractivity contribution >= 4 is 22.7 Å². The number of benzene rings is 1. The first-order chi connectivity index (χ1) is 10.4. The summed E-state index contributed by atoms with van der Waals surface area (Å²) in [5.41, 5.74) is 8.25. The summed E-state index contributed by atoms with van der Waals surface area (Å²) in [6.45, 7) is 8.96. The van der Waals surface area contributed by atoms with E-state index in [2.05, 4.69) is 32.7 Å². The summed E-state index contributed by atoms with van der Waals surface area (Å²) in [7, 11) is 0. The van der Waals surface area contributed by atoms with E-state index in [9.17, 15) is 4.79 Å². The third-order valence-electron chi connectivity index (χ3n) is 3.60. The molecule has 1 aromatic carbocycles.